The van der Waals surface area contributed by atoms with Gasteiger partial charge in [0.05, 0.1) is 5.69 Å². The average Bonchev–Trinajstić information content (AvgIpc) is 2.72. The average molecular weight is 275 g/mol. The minimum atomic E-state index is 0.261. The number of nitrogens with two attached hydrogens (primary N) is 1. The highest BCUT2D eigenvalue weighted by atomic mass is 15.3. The molecule has 2 aromatic rings. The first-order valence-electron chi connectivity index (χ1n) is 6.70. The molecule has 0 radical (unpaired) electrons. The first kappa shape index (κ1) is 14.1. The Morgan fingerprint density at radius 2 is 1.95 bits per heavy atom. The quantitative estimate of drug-likeness (QED) is 0.740. The molecular formula is C13H21N7. The molecule has 0 aliphatic rings. The molecule has 2 aromatic heterocycles. The highest BCUT2D eigenvalue weighted by Crippen LogP contribution is 2.14. The van der Waals surface area contributed by atoms with Crippen molar-refractivity contribution in [2.45, 2.75) is 26.8 Å². The van der Waals surface area contributed by atoms with E-state index in [2.05, 4.69) is 32.6 Å². The summed E-state index contributed by atoms with van der Waals surface area (Å²) in [5, 5.41) is 10.8. The summed E-state index contributed by atoms with van der Waals surface area (Å²) < 4.78 is 1.80. The van der Waals surface area contributed by atoms with Crippen LogP contribution in [-0.2, 0) is 13.6 Å². The molecule has 7 heteroatoms. The van der Waals surface area contributed by atoms with Crippen LogP contribution in [0.4, 0.5) is 17.6 Å². The van der Waals surface area contributed by atoms with Crippen LogP contribution in [0.5, 0.6) is 0 Å². The zero-order valence-electron chi connectivity index (χ0n) is 12.1. The van der Waals surface area contributed by atoms with Crippen molar-refractivity contribution in [1.82, 2.24) is 19.7 Å². The number of hydrogen-bond acceptors (Lipinski definition) is 6. The summed E-state index contributed by atoms with van der Waals surface area (Å²) in [6.45, 7) is 5.60. The second kappa shape index (κ2) is 6.23. The van der Waals surface area contributed by atoms with E-state index < -0.39 is 0 Å². The SMILES string of the molecule is CCCNc1cc(NCc2cn(C)nc2C)nc(N)n1. The van der Waals surface area contributed by atoms with Crippen molar-refractivity contribution < 1.29 is 0 Å². The molecule has 20 heavy (non-hydrogen) atoms. The Kier molecular flexibility index (Phi) is 4.39. The summed E-state index contributed by atoms with van der Waals surface area (Å²) in [6.07, 6.45) is 3.02. The number of aryl methyl sites for hydroxylation is 2. The Balaban J connectivity index is 2.05. The standard InChI is InChI=1S/C13H21N7/c1-4-5-15-11-6-12(18-13(14)17-11)16-7-10-8-20(3)19-9(10)2/h6,8H,4-5,7H2,1-3H3,(H4,14,15,16,17,18). The maximum Gasteiger partial charge on any atom is 0.223 e. The molecule has 0 spiro atoms. The summed E-state index contributed by atoms with van der Waals surface area (Å²) in [5.41, 5.74) is 7.85. The molecule has 4 N–H and O–H groups in total. The molecule has 0 fully saturated rings. The molecular weight excluding hydrogens is 254 g/mol. The Morgan fingerprint density at radius 1 is 1.25 bits per heavy atom. The number of hydrogen-bond donors (Lipinski definition) is 3. The summed E-state index contributed by atoms with van der Waals surface area (Å²) in [4.78, 5) is 8.33. The Labute approximate surface area is 118 Å². The highest BCUT2D eigenvalue weighted by molar-refractivity contribution is 5.51. The van der Waals surface area contributed by atoms with E-state index in [-0.39, 0.29) is 5.95 Å². The second-order valence-electron chi connectivity index (χ2n) is 4.69. The van der Waals surface area contributed by atoms with Gasteiger partial charge in [0, 0.05) is 38.0 Å². The maximum atomic E-state index is 5.72. The number of rotatable bonds is 6. The van der Waals surface area contributed by atoms with Crippen molar-refractivity contribution in [2.75, 3.05) is 22.9 Å². The lowest BCUT2D eigenvalue weighted by atomic mass is 10.2. The monoisotopic (exact) mass is 275 g/mol. The zero-order valence-corrected chi connectivity index (χ0v) is 12.1. The molecule has 2 heterocycles. The normalized spacial score (nSPS) is 10.6. The van der Waals surface area contributed by atoms with Crippen molar-refractivity contribution in [3.05, 3.63) is 23.5 Å². The van der Waals surface area contributed by atoms with Gasteiger partial charge in [-0.15, -0.1) is 0 Å². The number of nitrogens with one attached hydrogen (secondary N) is 2. The summed E-state index contributed by atoms with van der Waals surface area (Å²) >= 11 is 0. The van der Waals surface area contributed by atoms with Crippen LogP contribution in [0, 0.1) is 6.92 Å². The van der Waals surface area contributed by atoms with Crippen LogP contribution in [0.2, 0.25) is 0 Å². The third kappa shape index (κ3) is 3.59. The fraction of sp³-hybridized carbons (Fsp3) is 0.462. The molecule has 0 unspecified atom stereocenters. The Hall–Kier alpha value is -2.31. The molecule has 0 aliphatic heterocycles. The third-order valence-corrected chi connectivity index (χ3v) is 2.87. The fourth-order valence-electron chi connectivity index (χ4n) is 1.91. The maximum absolute atomic E-state index is 5.72. The van der Waals surface area contributed by atoms with Gasteiger partial charge in [-0.1, -0.05) is 6.92 Å². The van der Waals surface area contributed by atoms with Crippen LogP contribution in [0.25, 0.3) is 0 Å². The number of anilines is 3. The van der Waals surface area contributed by atoms with Crippen molar-refractivity contribution in [1.29, 1.82) is 0 Å². The summed E-state index contributed by atoms with van der Waals surface area (Å²) in [7, 11) is 1.91. The lowest BCUT2D eigenvalue weighted by molar-refractivity contribution is 0.756. The van der Waals surface area contributed by atoms with E-state index in [4.69, 9.17) is 5.73 Å². The predicted molar refractivity (Wildman–Crippen MR) is 80.5 cm³/mol. The van der Waals surface area contributed by atoms with Crippen LogP contribution >= 0.6 is 0 Å². The van der Waals surface area contributed by atoms with Crippen molar-refractivity contribution in [3.8, 4) is 0 Å². The van der Waals surface area contributed by atoms with E-state index in [1.54, 1.807) is 4.68 Å². The molecule has 0 saturated carbocycles. The number of nitrogens with zero attached hydrogens (tertiary/aromatic N) is 4. The minimum absolute atomic E-state index is 0.261. The van der Waals surface area contributed by atoms with Crippen LogP contribution in [-0.4, -0.2) is 26.3 Å². The lowest BCUT2D eigenvalue weighted by Gasteiger charge is -2.09. The molecule has 7 nitrogen and oxygen atoms in total. The minimum Gasteiger partial charge on any atom is -0.370 e. The largest absolute Gasteiger partial charge is 0.370 e. The smallest absolute Gasteiger partial charge is 0.223 e. The first-order chi connectivity index (χ1) is 9.58. The third-order valence-electron chi connectivity index (χ3n) is 2.87. The van der Waals surface area contributed by atoms with Crippen molar-refractivity contribution in [2.24, 2.45) is 7.05 Å². The van der Waals surface area contributed by atoms with Gasteiger partial charge in [0.1, 0.15) is 11.6 Å². The zero-order chi connectivity index (χ0) is 14.5. The van der Waals surface area contributed by atoms with E-state index in [1.807, 2.05) is 26.2 Å². The number of nitrogen functional groups attached to an aromatic ring is 1. The van der Waals surface area contributed by atoms with Gasteiger partial charge in [0.15, 0.2) is 0 Å². The lowest BCUT2D eigenvalue weighted by Crippen LogP contribution is -2.08. The predicted octanol–water partition coefficient (Wildman–Crippen LogP) is 1.53. The van der Waals surface area contributed by atoms with Crippen molar-refractivity contribution in [3.63, 3.8) is 0 Å². The summed E-state index contributed by atoms with van der Waals surface area (Å²) in [6, 6.07) is 1.86. The van der Waals surface area contributed by atoms with E-state index >= 15 is 0 Å². The van der Waals surface area contributed by atoms with E-state index in [9.17, 15) is 0 Å². The Morgan fingerprint density at radius 3 is 2.55 bits per heavy atom. The van der Waals surface area contributed by atoms with Gasteiger partial charge in [-0.2, -0.15) is 15.1 Å². The number of aromatic nitrogens is 4. The van der Waals surface area contributed by atoms with Crippen LogP contribution < -0.4 is 16.4 Å². The fourth-order valence-corrected chi connectivity index (χ4v) is 1.91. The molecule has 0 saturated heterocycles. The second-order valence-corrected chi connectivity index (χ2v) is 4.69. The van der Waals surface area contributed by atoms with Crippen LogP contribution in [0.15, 0.2) is 12.3 Å². The van der Waals surface area contributed by atoms with Gasteiger partial charge >= 0.3 is 0 Å². The van der Waals surface area contributed by atoms with Gasteiger partial charge in [-0.05, 0) is 13.3 Å². The molecule has 2 rings (SSSR count). The van der Waals surface area contributed by atoms with Crippen LogP contribution in [0.3, 0.4) is 0 Å². The Bertz CT molecular complexity index is 576. The van der Waals surface area contributed by atoms with E-state index in [1.165, 1.54) is 0 Å². The first-order valence-corrected chi connectivity index (χ1v) is 6.70. The molecule has 108 valence electrons. The van der Waals surface area contributed by atoms with Crippen molar-refractivity contribution >= 4 is 17.6 Å². The van der Waals surface area contributed by atoms with Gasteiger partial charge < -0.3 is 16.4 Å². The molecule has 0 bridgehead atoms. The van der Waals surface area contributed by atoms with Gasteiger partial charge in [-0.25, -0.2) is 0 Å². The molecule has 0 aliphatic carbocycles. The highest BCUT2D eigenvalue weighted by Gasteiger charge is 2.05. The van der Waals surface area contributed by atoms with Crippen LogP contribution in [0.1, 0.15) is 24.6 Å². The molecule has 0 aromatic carbocycles. The molecule has 0 amide bonds. The van der Waals surface area contributed by atoms with E-state index in [0.29, 0.717) is 12.4 Å². The summed E-state index contributed by atoms with van der Waals surface area (Å²) in [5.74, 6) is 1.71. The van der Waals surface area contributed by atoms with Gasteiger partial charge in [-0.3, -0.25) is 4.68 Å². The van der Waals surface area contributed by atoms with E-state index in [0.717, 1.165) is 30.0 Å². The topological polar surface area (TPSA) is 93.7 Å². The van der Waals surface area contributed by atoms with Gasteiger partial charge in [0.2, 0.25) is 5.95 Å². The van der Waals surface area contributed by atoms with Gasteiger partial charge in [0.25, 0.3) is 0 Å². The molecule has 0 atom stereocenters.